The number of hydrogen-bond donors (Lipinski definition) is 1. The van der Waals surface area contributed by atoms with E-state index in [1.165, 1.54) is 18.6 Å². The second-order valence-electron chi connectivity index (χ2n) is 2.55. The fourth-order valence-corrected chi connectivity index (χ4v) is 1.42. The van der Waals surface area contributed by atoms with Crippen LogP contribution in [0.3, 0.4) is 0 Å². The summed E-state index contributed by atoms with van der Waals surface area (Å²) in [6.45, 7) is 3.03. The molecule has 0 saturated heterocycles. The normalized spacial score (nSPS) is 25.8. The van der Waals surface area contributed by atoms with E-state index in [1.54, 1.807) is 5.57 Å². The molecule has 0 fully saturated rings. The van der Waals surface area contributed by atoms with Gasteiger partial charge >= 0.3 is 0 Å². The van der Waals surface area contributed by atoms with Crippen LogP contribution in [-0.4, -0.2) is 19.7 Å². The summed E-state index contributed by atoms with van der Waals surface area (Å²) in [5.74, 6) is 1.22. The quantitative estimate of drug-likeness (QED) is 0.513. The second kappa shape index (κ2) is 2.03. The first-order chi connectivity index (χ1) is 4.47. The molecule has 0 aromatic carbocycles. The van der Waals surface area contributed by atoms with Crippen LogP contribution in [0.2, 0.25) is 0 Å². The molecule has 9 heavy (non-hydrogen) atoms. The van der Waals surface area contributed by atoms with Gasteiger partial charge in [0.05, 0.1) is 13.2 Å². The molecule has 0 bridgehead atoms. The van der Waals surface area contributed by atoms with Gasteiger partial charge in [0.1, 0.15) is 5.76 Å². The standard InChI is InChI=1S/C7H11NO/c1-3-8-5-7-6(1)2-4-9-7/h8H,1-5H2. The van der Waals surface area contributed by atoms with Crippen LogP contribution in [-0.2, 0) is 4.74 Å². The minimum Gasteiger partial charge on any atom is -0.496 e. The fraction of sp³-hybridized carbons (Fsp3) is 0.714. The van der Waals surface area contributed by atoms with Crippen molar-refractivity contribution in [2.24, 2.45) is 0 Å². The van der Waals surface area contributed by atoms with E-state index < -0.39 is 0 Å². The number of rotatable bonds is 0. The Bertz CT molecular complexity index is 135. The first-order valence-corrected chi connectivity index (χ1v) is 3.51. The average molecular weight is 125 g/mol. The molecule has 2 rings (SSSR count). The maximum absolute atomic E-state index is 5.37. The van der Waals surface area contributed by atoms with Gasteiger partial charge in [0.2, 0.25) is 0 Å². The van der Waals surface area contributed by atoms with E-state index in [9.17, 15) is 0 Å². The SMILES string of the molecule is C1CC2=C(CN1)OCC2. The van der Waals surface area contributed by atoms with Crippen LogP contribution in [0.1, 0.15) is 12.8 Å². The van der Waals surface area contributed by atoms with E-state index in [-0.39, 0.29) is 0 Å². The zero-order valence-electron chi connectivity index (χ0n) is 5.44. The van der Waals surface area contributed by atoms with Gasteiger partial charge in [-0.25, -0.2) is 0 Å². The van der Waals surface area contributed by atoms with Crippen molar-refractivity contribution >= 4 is 0 Å². The summed E-state index contributed by atoms with van der Waals surface area (Å²) >= 11 is 0. The monoisotopic (exact) mass is 125 g/mol. The highest BCUT2D eigenvalue weighted by Gasteiger charge is 2.17. The van der Waals surface area contributed by atoms with Gasteiger partial charge in [-0.2, -0.15) is 0 Å². The van der Waals surface area contributed by atoms with Gasteiger partial charge in [-0.3, -0.25) is 0 Å². The third kappa shape index (κ3) is 0.833. The summed E-state index contributed by atoms with van der Waals surface area (Å²) in [6, 6.07) is 0. The molecule has 2 aliphatic rings. The second-order valence-corrected chi connectivity index (χ2v) is 2.55. The molecule has 2 nitrogen and oxygen atoms in total. The summed E-state index contributed by atoms with van der Waals surface area (Å²) in [6.07, 6.45) is 2.38. The number of ether oxygens (including phenoxy) is 1. The lowest BCUT2D eigenvalue weighted by atomic mass is 10.1. The van der Waals surface area contributed by atoms with Gasteiger partial charge in [0.25, 0.3) is 0 Å². The third-order valence-electron chi connectivity index (χ3n) is 1.96. The molecule has 50 valence electrons. The van der Waals surface area contributed by atoms with Crippen LogP contribution in [0.4, 0.5) is 0 Å². The Hall–Kier alpha value is -0.500. The Morgan fingerprint density at radius 1 is 1.33 bits per heavy atom. The predicted molar refractivity (Wildman–Crippen MR) is 35.1 cm³/mol. The Kier molecular flexibility index (Phi) is 1.19. The average Bonchev–Trinajstić information content (AvgIpc) is 2.33. The van der Waals surface area contributed by atoms with Gasteiger partial charge in [-0.1, -0.05) is 0 Å². The van der Waals surface area contributed by atoms with Crippen LogP contribution in [0.5, 0.6) is 0 Å². The van der Waals surface area contributed by atoms with Gasteiger partial charge in [0, 0.05) is 6.42 Å². The largest absolute Gasteiger partial charge is 0.496 e. The van der Waals surface area contributed by atoms with E-state index in [0.717, 1.165) is 19.7 Å². The van der Waals surface area contributed by atoms with Crippen molar-refractivity contribution in [3.8, 4) is 0 Å². The molecular weight excluding hydrogens is 114 g/mol. The summed E-state index contributed by atoms with van der Waals surface area (Å²) in [5.41, 5.74) is 1.55. The van der Waals surface area contributed by atoms with E-state index >= 15 is 0 Å². The smallest absolute Gasteiger partial charge is 0.109 e. The molecule has 2 heteroatoms. The molecule has 0 aliphatic carbocycles. The molecule has 0 unspecified atom stereocenters. The van der Waals surface area contributed by atoms with Gasteiger partial charge in [-0.15, -0.1) is 0 Å². The van der Waals surface area contributed by atoms with Crippen molar-refractivity contribution in [3.63, 3.8) is 0 Å². The third-order valence-corrected chi connectivity index (χ3v) is 1.96. The lowest BCUT2D eigenvalue weighted by Gasteiger charge is -2.12. The molecule has 2 aliphatic heterocycles. The van der Waals surface area contributed by atoms with Gasteiger partial charge in [-0.05, 0) is 18.5 Å². The molecule has 0 aromatic rings. The maximum Gasteiger partial charge on any atom is 0.109 e. The first kappa shape index (κ1) is 5.30. The fourth-order valence-electron chi connectivity index (χ4n) is 1.42. The molecule has 0 spiro atoms. The Morgan fingerprint density at radius 2 is 2.33 bits per heavy atom. The van der Waals surface area contributed by atoms with Gasteiger partial charge < -0.3 is 10.1 Å². The molecule has 2 heterocycles. The van der Waals surface area contributed by atoms with Crippen molar-refractivity contribution in [1.82, 2.24) is 5.32 Å². The summed E-state index contributed by atoms with van der Waals surface area (Å²) < 4.78 is 5.37. The van der Waals surface area contributed by atoms with E-state index in [0.29, 0.717) is 0 Å². The summed E-state index contributed by atoms with van der Waals surface area (Å²) in [4.78, 5) is 0. The van der Waals surface area contributed by atoms with Crippen LogP contribution in [0, 0.1) is 0 Å². The highest BCUT2D eigenvalue weighted by atomic mass is 16.5. The van der Waals surface area contributed by atoms with Crippen molar-refractivity contribution in [1.29, 1.82) is 0 Å². The van der Waals surface area contributed by atoms with Crippen molar-refractivity contribution in [2.75, 3.05) is 19.7 Å². The molecule has 0 atom stereocenters. The van der Waals surface area contributed by atoms with E-state index in [1.807, 2.05) is 0 Å². The number of hydrogen-bond acceptors (Lipinski definition) is 2. The molecular formula is C7H11NO. The Labute approximate surface area is 54.9 Å². The van der Waals surface area contributed by atoms with E-state index in [4.69, 9.17) is 4.74 Å². The first-order valence-electron chi connectivity index (χ1n) is 3.51. The Morgan fingerprint density at radius 3 is 3.22 bits per heavy atom. The molecule has 1 N–H and O–H groups in total. The highest BCUT2D eigenvalue weighted by molar-refractivity contribution is 5.16. The van der Waals surface area contributed by atoms with Crippen molar-refractivity contribution < 1.29 is 4.74 Å². The zero-order valence-corrected chi connectivity index (χ0v) is 5.44. The minimum atomic E-state index is 0.923. The zero-order chi connectivity index (χ0) is 6.10. The predicted octanol–water partition coefficient (Wildman–Crippen LogP) is 0.654. The minimum absolute atomic E-state index is 0.923. The van der Waals surface area contributed by atoms with Crippen LogP contribution >= 0.6 is 0 Å². The van der Waals surface area contributed by atoms with E-state index in [2.05, 4.69) is 5.32 Å². The molecule has 0 radical (unpaired) electrons. The molecule has 0 amide bonds. The van der Waals surface area contributed by atoms with Crippen LogP contribution in [0.15, 0.2) is 11.3 Å². The lowest BCUT2D eigenvalue weighted by molar-refractivity contribution is 0.235. The van der Waals surface area contributed by atoms with Gasteiger partial charge in [0.15, 0.2) is 0 Å². The molecule has 0 aromatic heterocycles. The topological polar surface area (TPSA) is 21.3 Å². The van der Waals surface area contributed by atoms with Crippen molar-refractivity contribution in [3.05, 3.63) is 11.3 Å². The van der Waals surface area contributed by atoms with Crippen LogP contribution in [0.25, 0.3) is 0 Å². The maximum atomic E-state index is 5.37. The summed E-state index contributed by atoms with van der Waals surface area (Å²) in [7, 11) is 0. The lowest BCUT2D eigenvalue weighted by Crippen LogP contribution is -2.23. The number of nitrogens with one attached hydrogen (secondary N) is 1. The Balaban J connectivity index is 2.17. The summed E-state index contributed by atoms with van der Waals surface area (Å²) in [5, 5.41) is 3.27. The van der Waals surface area contributed by atoms with Crippen molar-refractivity contribution in [2.45, 2.75) is 12.8 Å². The highest BCUT2D eigenvalue weighted by Crippen LogP contribution is 2.23. The molecule has 0 saturated carbocycles. The van der Waals surface area contributed by atoms with Crippen LogP contribution < -0.4 is 5.32 Å².